The Morgan fingerprint density at radius 3 is 2.94 bits per heavy atom. The summed E-state index contributed by atoms with van der Waals surface area (Å²) in [7, 11) is 0. The van der Waals surface area contributed by atoms with E-state index in [0.717, 1.165) is 24.6 Å². The fourth-order valence-corrected chi connectivity index (χ4v) is 2.68. The molecule has 3 nitrogen and oxygen atoms in total. The van der Waals surface area contributed by atoms with Crippen molar-refractivity contribution in [2.24, 2.45) is 5.92 Å². The fourth-order valence-electron chi connectivity index (χ4n) is 2.68. The Morgan fingerprint density at radius 1 is 1.44 bits per heavy atom. The molecular weight excluding hydrogens is 226 g/mol. The molecule has 1 fully saturated rings. The van der Waals surface area contributed by atoms with Crippen LogP contribution in [0.5, 0.6) is 0 Å². The molecular formula is C15H21NO2. The maximum Gasteiger partial charge on any atom is 0.335 e. The molecule has 0 spiro atoms. The summed E-state index contributed by atoms with van der Waals surface area (Å²) in [5.74, 6) is -0.127. The molecule has 2 unspecified atom stereocenters. The van der Waals surface area contributed by atoms with Crippen LogP contribution in [0.1, 0.15) is 42.6 Å². The van der Waals surface area contributed by atoms with Crippen LogP contribution in [0.25, 0.3) is 0 Å². The third kappa shape index (κ3) is 2.91. The molecule has 0 radical (unpaired) electrons. The van der Waals surface area contributed by atoms with Crippen LogP contribution < -0.4 is 0 Å². The van der Waals surface area contributed by atoms with Gasteiger partial charge in [0.15, 0.2) is 0 Å². The van der Waals surface area contributed by atoms with Crippen LogP contribution in [0.3, 0.4) is 0 Å². The number of hydrogen-bond donors (Lipinski definition) is 1. The van der Waals surface area contributed by atoms with Gasteiger partial charge in [-0.2, -0.15) is 0 Å². The third-order valence-corrected chi connectivity index (χ3v) is 4.06. The highest BCUT2D eigenvalue weighted by Gasteiger charge is 2.24. The first-order valence-electron chi connectivity index (χ1n) is 6.64. The van der Waals surface area contributed by atoms with Crippen molar-refractivity contribution in [3.05, 3.63) is 35.4 Å². The zero-order valence-corrected chi connectivity index (χ0v) is 11.1. The van der Waals surface area contributed by atoms with Gasteiger partial charge in [-0.05, 0) is 49.9 Å². The van der Waals surface area contributed by atoms with E-state index in [0.29, 0.717) is 11.6 Å². The van der Waals surface area contributed by atoms with E-state index >= 15 is 0 Å². The van der Waals surface area contributed by atoms with Crippen LogP contribution in [0.15, 0.2) is 24.3 Å². The Balaban J connectivity index is 2.08. The second kappa shape index (κ2) is 5.53. The summed E-state index contributed by atoms with van der Waals surface area (Å²) in [4.78, 5) is 13.4. The summed E-state index contributed by atoms with van der Waals surface area (Å²) in [5, 5.41) is 9.00. The van der Waals surface area contributed by atoms with Crippen molar-refractivity contribution in [3.63, 3.8) is 0 Å². The molecule has 0 saturated carbocycles. The molecule has 0 aliphatic carbocycles. The lowest BCUT2D eigenvalue weighted by molar-refractivity contribution is 0.0696. The lowest BCUT2D eigenvalue weighted by Crippen LogP contribution is -2.41. The molecule has 0 amide bonds. The van der Waals surface area contributed by atoms with Crippen LogP contribution in [0.4, 0.5) is 0 Å². The number of benzene rings is 1. The van der Waals surface area contributed by atoms with Gasteiger partial charge < -0.3 is 5.11 Å². The summed E-state index contributed by atoms with van der Waals surface area (Å²) in [5.41, 5.74) is 1.47. The van der Waals surface area contributed by atoms with Gasteiger partial charge in [-0.25, -0.2) is 4.79 Å². The van der Waals surface area contributed by atoms with Gasteiger partial charge >= 0.3 is 5.97 Å². The lowest BCUT2D eigenvalue weighted by atomic mass is 9.91. The maximum atomic E-state index is 10.9. The minimum Gasteiger partial charge on any atom is -0.478 e. The smallest absolute Gasteiger partial charge is 0.335 e. The Morgan fingerprint density at radius 2 is 2.22 bits per heavy atom. The number of likely N-dealkylation sites (tertiary alicyclic amines) is 1. The van der Waals surface area contributed by atoms with E-state index in [4.69, 9.17) is 5.11 Å². The quantitative estimate of drug-likeness (QED) is 0.892. The molecule has 1 aromatic carbocycles. The van der Waals surface area contributed by atoms with Gasteiger partial charge in [0.2, 0.25) is 0 Å². The first-order valence-corrected chi connectivity index (χ1v) is 6.64. The van der Waals surface area contributed by atoms with Gasteiger partial charge in [0, 0.05) is 12.6 Å². The summed E-state index contributed by atoms with van der Waals surface area (Å²) >= 11 is 0. The highest BCUT2D eigenvalue weighted by Crippen LogP contribution is 2.24. The van der Waals surface area contributed by atoms with Gasteiger partial charge in [-0.15, -0.1) is 0 Å². The summed E-state index contributed by atoms with van der Waals surface area (Å²) in [6, 6.07) is 7.85. The molecule has 0 bridgehead atoms. The Hall–Kier alpha value is -1.35. The molecule has 1 aliphatic heterocycles. The largest absolute Gasteiger partial charge is 0.478 e. The zero-order valence-electron chi connectivity index (χ0n) is 11.1. The van der Waals surface area contributed by atoms with Gasteiger partial charge in [0.25, 0.3) is 0 Å². The van der Waals surface area contributed by atoms with Crippen molar-refractivity contribution in [2.45, 2.75) is 39.3 Å². The van der Waals surface area contributed by atoms with Crippen molar-refractivity contribution in [1.82, 2.24) is 4.90 Å². The number of carboxylic acid groups (broad SMARTS) is 1. The van der Waals surface area contributed by atoms with Crippen LogP contribution >= 0.6 is 0 Å². The number of nitrogens with zero attached hydrogens (tertiary/aromatic N) is 1. The lowest BCUT2D eigenvalue weighted by Gasteiger charge is -2.38. The van der Waals surface area contributed by atoms with Gasteiger partial charge in [0.05, 0.1) is 5.56 Å². The summed E-state index contributed by atoms with van der Waals surface area (Å²) in [6.45, 7) is 6.53. The Bertz CT molecular complexity index is 430. The minimum atomic E-state index is -0.850. The fraction of sp³-hybridized carbons (Fsp3) is 0.533. The average Bonchev–Trinajstić information content (AvgIpc) is 2.35. The number of rotatable bonds is 3. The van der Waals surface area contributed by atoms with E-state index in [9.17, 15) is 4.79 Å². The van der Waals surface area contributed by atoms with E-state index in [1.807, 2.05) is 12.1 Å². The first kappa shape index (κ1) is 13.1. The molecule has 98 valence electrons. The third-order valence-electron chi connectivity index (χ3n) is 4.06. The van der Waals surface area contributed by atoms with Crippen molar-refractivity contribution >= 4 is 5.97 Å². The van der Waals surface area contributed by atoms with E-state index < -0.39 is 5.97 Å². The van der Waals surface area contributed by atoms with Crippen LogP contribution in [-0.2, 0) is 6.54 Å². The second-order valence-corrected chi connectivity index (χ2v) is 5.34. The van der Waals surface area contributed by atoms with Crippen molar-refractivity contribution in [3.8, 4) is 0 Å². The normalized spacial score (nSPS) is 25.0. The predicted molar refractivity (Wildman–Crippen MR) is 71.7 cm³/mol. The average molecular weight is 247 g/mol. The Labute approximate surface area is 108 Å². The molecule has 2 atom stereocenters. The molecule has 0 aromatic heterocycles. The molecule has 3 heteroatoms. The molecule has 2 rings (SSSR count). The van der Waals surface area contributed by atoms with Gasteiger partial charge in [-0.1, -0.05) is 19.1 Å². The number of aromatic carboxylic acids is 1. The standard InChI is InChI=1S/C15H21NO2/c1-11-5-4-8-16(12(11)2)10-13-6-3-7-14(9-13)15(17)18/h3,6-7,9,11-12H,4-5,8,10H2,1-2H3,(H,17,18). The number of carbonyl (C=O) groups is 1. The van der Waals surface area contributed by atoms with E-state index in [1.54, 1.807) is 12.1 Å². The van der Waals surface area contributed by atoms with Crippen LogP contribution in [-0.4, -0.2) is 28.6 Å². The highest BCUT2D eigenvalue weighted by molar-refractivity contribution is 5.87. The van der Waals surface area contributed by atoms with E-state index in [1.165, 1.54) is 12.8 Å². The van der Waals surface area contributed by atoms with Gasteiger partial charge in [-0.3, -0.25) is 4.90 Å². The summed E-state index contributed by atoms with van der Waals surface area (Å²) in [6.07, 6.45) is 2.54. The highest BCUT2D eigenvalue weighted by atomic mass is 16.4. The second-order valence-electron chi connectivity index (χ2n) is 5.34. The van der Waals surface area contributed by atoms with Crippen molar-refractivity contribution < 1.29 is 9.90 Å². The first-order chi connectivity index (χ1) is 8.58. The Kier molecular flexibility index (Phi) is 4.02. The molecule has 1 saturated heterocycles. The van der Waals surface area contributed by atoms with Gasteiger partial charge in [0.1, 0.15) is 0 Å². The number of carboxylic acids is 1. The predicted octanol–water partition coefficient (Wildman–Crippen LogP) is 3.01. The molecule has 1 heterocycles. The maximum absolute atomic E-state index is 10.9. The SMILES string of the molecule is CC1CCCN(Cc2cccc(C(=O)O)c2)C1C. The summed E-state index contributed by atoms with van der Waals surface area (Å²) < 4.78 is 0. The van der Waals surface area contributed by atoms with Crippen LogP contribution in [0, 0.1) is 5.92 Å². The zero-order chi connectivity index (χ0) is 13.1. The number of hydrogen-bond acceptors (Lipinski definition) is 2. The molecule has 1 N–H and O–H groups in total. The van der Waals surface area contributed by atoms with Crippen molar-refractivity contribution in [2.75, 3.05) is 6.54 Å². The topological polar surface area (TPSA) is 40.5 Å². The van der Waals surface area contributed by atoms with E-state index in [-0.39, 0.29) is 0 Å². The van der Waals surface area contributed by atoms with Crippen molar-refractivity contribution in [1.29, 1.82) is 0 Å². The van der Waals surface area contributed by atoms with E-state index in [2.05, 4.69) is 18.7 Å². The molecule has 1 aromatic rings. The number of piperidine rings is 1. The monoisotopic (exact) mass is 247 g/mol. The molecule has 1 aliphatic rings. The molecule has 18 heavy (non-hydrogen) atoms. The minimum absolute atomic E-state index is 0.380. The van der Waals surface area contributed by atoms with Crippen LogP contribution in [0.2, 0.25) is 0 Å².